The van der Waals surface area contributed by atoms with Crippen LogP contribution in [0.5, 0.6) is 5.75 Å². The number of aliphatic hydroxyl groups excluding tert-OH is 1. The van der Waals surface area contributed by atoms with Crippen LogP contribution in [0.4, 0.5) is 0 Å². The van der Waals surface area contributed by atoms with Crippen molar-refractivity contribution in [2.24, 2.45) is 0 Å². The summed E-state index contributed by atoms with van der Waals surface area (Å²) in [6, 6.07) is 11.7. The van der Waals surface area contributed by atoms with Crippen LogP contribution < -0.4 is 4.74 Å². The second kappa shape index (κ2) is 7.03. The van der Waals surface area contributed by atoms with Crippen molar-refractivity contribution in [2.45, 2.75) is 12.6 Å². The summed E-state index contributed by atoms with van der Waals surface area (Å²) < 4.78 is 5.15. The van der Waals surface area contributed by atoms with Crippen LogP contribution >= 0.6 is 0 Å². The number of aliphatic hydroxyl groups is 1. The number of rotatable bonds is 6. The van der Waals surface area contributed by atoms with E-state index in [1.54, 1.807) is 13.3 Å². The molecule has 1 aromatic heterocycles. The van der Waals surface area contributed by atoms with E-state index in [9.17, 15) is 5.11 Å². The Balaban J connectivity index is 2.10. The molecule has 1 aromatic carbocycles. The minimum Gasteiger partial charge on any atom is -0.497 e. The third-order valence-corrected chi connectivity index (χ3v) is 3.36. The normalized spacial score (nSPS) is 12.4. The predicted molar refractivity (Wildman–Crippen MR) is 78.5 cm³/mol. The maximum absolute atomic E-state index is 9.67. The van der Waals surface area contributed by atoms with Crippen molar-refractivity contribution in [1.29, 1.82) is 0 Å². The van der Waals surface area contributed by atoms with Crippen LogP contribution in [0.3, 0.4) is 0 Å². The molecule has 0 fully saturated rings. The number of likely N-dealkylation sites (N-methyl/N-ethyl adjacent to an activating group) is 1. The van der Waals surface area contributed by atoms with Crippen LogP contribution in [0.2, 0.25) is 0 Å². The van der Waals surface area contributed by atoms with Crippen molar-refractivity contribution in [3.63, 3.8) is 0 Å². The van der Waals surface area contributed by atoms with Gasteiger partial charge in [-0.1, -0.05) is 18.2 Å². The van der Waals surface area contributed by atoms with E-state index in [1.165, 1.54) is 0 Å². The highest BCUT2D eigenvalue weighted by atomic mass is 16.5. The zero-order valence-corrected chi connectivity index (χ0v) is 11.9. The summed E-state index contributed by atoms with van der Waals surface area (Å²) in [7, 11) is 3.64. The van der Waals surface area contributed by atoms with Gasteiger partial charge in [-0.3, -0.25) is 9.88 Å². The highest BCUT2D eigenvalue weighted by molar-refractivity contribution is 5.29. The second-order valence-electron chi connectivity index (χ2n) is 4.75. The molecule has 0 spiro atoms. The van der Waals surface area contributed by atoms with E-state index in [4.69, 9.17) is 4.74 Å². The van der Waals surface area contributed by atoms with Gasteiger partial charge in [-0.2, -0.15) is 0 Å². The van der Waals surface area contributed by atoms with E-state index in [0.717, 1.165) is 23.4 Å². The van der Waals surface area contributed by atoms with Gasteiger partial charge in [-0.15, -0.1) is 0 Å². The van der Waals surface area contributed by atoms with Crippen LogP contribution in [-0.4, -0.2) is 35.8 Å². The quantitative estimate of drug-likeness (QED) is 0.876. The molecule has 0 aliphatic heterocycles. The number of aromatic nitrogens is 1. The predicted octanol–water partition coefficient (Wildman–Crippen LogP) is 2.26. The van der Waals surface area contributed by atoms with Gasteiger partial charge in [0, 0.05) is 18.9 Å². The summed E-state index contributed by atoms with van der Waals surface area (Å²) in [5, 5.41) is 9.67. The molecule has 0 saturated carbocycles. The van der Waals surface area contributed by atoms with Crippen molar-refractivity contribution < 1.29 is 9.84 Å². The Morgan fingerprint density at radius 1 is 1.25 bits per heavy atom. The molecule has 1 N–H and O–H groups in total. The molecule has 4 heteroatoms. The zero-order valence-electron chi connectivity index (χ0n) is 11.9. The third-order valence-electron chi connectivity index (χ3n) is 3.36. The van der Waals surface area contributed by atoms with Crippen LogP contribution in [0.25, 0.3) is 0 Å². The molecule has 0 bridgehead atoms. The standard InChI is InChI=1S/C16H20N2O2/c1-18(11-13-4-3-9-17-10-13)16(12-19)14-5-7-15(20-2)8-6-14/h3-10,16,19H,11-12H2,1-2H3/t16-/m0/s1. The average molecular weight is 272 g/mol. The Labute approximate surface area is 119 Å². The molecule has 4 nitrogen and oxygen atoms in total. The molecule has 0 radical (unpaired) electrons. The monoisotopic (exact) mass is 272 g/mol. The van der Waals surface area contributed by atoms with E-state index in [1.807, 2.05) is 49.6 Å². The van der Waals surface area contributed by atoms with E-state index in [2.05, 4.69) is 9.88 Å². The fourth-order valence-corrected chi connectivity index (χ4v) is 2.22. The van der Waals surface area contributed by atoms with Crippen LogP contribution in [-0.2, 0) is 6.54 Å². The number of nitrogens with zero attached hydrogens (tertiary/aromatic N) is 2. The molecule has 0 aliphatic rings. The van der Waals surface area contributed by atoms with Crippen molar-refractivity contribution >= 4 is 0 Å². The number of hydrogen-bond donors (Lipinski definition) is 1. The first-order valence-corrected chi connectivity index (χ1v) is 6.58. The van der Waals surface area contributed by atoms with E-state index in [0.29, 0.717) is 0 Å². The molecule has 0 unspecified atom stereocenters. The lowest BCUT2D eigenvalue weighted by atomic mass is 10.1. The SMILES string of the molecule is COc1ccc([C@H](CO)N(C)Cc2cccnc2)cc1. The molecule has 0 saturated heterocycles. The van der Waals surface area contributed by atoms with Crippen molar-refractivity contribution in [3.05, 3.63) is 59.9 Å². The summed E-state index contributed by atoms with van der Waals surface area (Å²) in [4.78, 5) is 6.22. The van der Waals surface area contributed by atoms with Gasteiger partial charge in [-0.25, -0.2) is 0 Å². The summed E-state index contributed by atoms with van der Waals surface area (Å²) in [6.07, 6.45) is 3.61. The number of methoxy groups -OCH3 is 1. The van der Waals surface area contributed by atoms with Gasteiger partial charge in [0.25, 0.3) is 0 Å². The topological polar surface area (TPSA) is 45.6 Å². The van der Waals surface area contributed by atoms with E-state index < -0.39 is 0 Å². The van der Waals surface area contributed by atoms with Crippen molar-refractivity contribution in [1.82, 2.24) is 9.88 Å². The molecule has 0 aliphatic carbocycles. The lowest BCUT2D eigenvalue weighted by molar-refractivity contribution is 0.142. The molecule has 1 heterocycles. The summed E-state index contributed by atoms with van der Waals surface area (Å²) in [5.41, 5.74) is 2.20. The molecule has 0 amide bonds. The van der Waals surface area contributed by atoms with Crippen molar-refractivity contribution in [2.75, 3.05) is 20.8 Å². The lowest BCUT2D eigenvalue weighted by Gasteiger charge is -2.27. The van der Waals surface area contributed by atoms with Gasteiger partial charge in [0.05, 0.1) is 19.8 Å². The second-order valence-corrected chi connectivity index (χ2v) is 4.75. The van der Waals surface area contributed by atoms with Gasteiger partial charge in [0.15, 0.2) is 0 Å². The average Bonchev–Trinajstić information content (AvgIpc) is 2.49. The van der Waals surface area contributed by atoms with Gasteiger partial charge in [-0.05, 0) is 36.4 Å². The molecule has 106 valence electrons. The van der Waals surface area contributed by atoms with Crippen LogP contribution in [0.15, 0.2) is 48.8 Å². The van der Waals surface area contributed by atoms with Gasteiger partial charge in [0.1, 0.15) is 5.75 Å². The Morgan fingerprint density at radius 3 is 2.55 bits per heavy atom. The molecular formula is C16H20N2O2. The van der Waals surface area contributed by atoms with E-state index >= 15 is 0 Å². The summed E-state index contributed by atoms with van der Waals surface area (Å²) >= 11 is 0. The molecule has 1 atom stereocenters. The highest BCUT2D eigenvalue weighted by Gasteiger charge is 2.16. The fraction of sp³-hybridized carbons (Fsp3) is 0.312. The minimum atomic E-state index is -0.0406. The Hall–Kier alpha value is -1.91. The molecular weight excluding hydrogens is 252 g/mol. The Morgan fingerprint density at radius 2 is 2.00 bits per heavy atom. The molecule has 20 heavy (non-hydrogen) atoms. The molecule has 2 rings (SSSR count). The maximum atomic E-state index is 9.67. The Kier molecular flexibility index (Phi) is 5.09. The highest BCUT2D eigenvalue weighted by Crippen LogP contribution is 2.23. The van der Waals surface area contributed by atoms with E-state index in [-0.39, 0.29) is 12.6 Å². The largest absolute Gasteiger partial charge is 0.497 e. The number of pyridine rings is 1. The maximum Gasteiger partial charge on any atom is 0.118 e. The van der Waals surface area contributed by atoms with Gasteiger partial charge < -0.3 is 9.84 Å². The van der Waals surface area contributed by atoms with Gasteiger partial charge in [0.2, 0.25) is 0 Å². The first-order chi connectivity index (χ1) is 9.74. The number of hydrogen-bond acceptors (Lipinski definition) is 4. The molecule has 2 aromatic rings. The van der Waals surface area contributed by atoms with Gasteiger partial charge >= 0.3 is 0 Å². The minimum absolute atomic E-state index is 0.0406. The lowest BCUT2D eigenvalue weighted by Crippen LogP contribution is -2.27. The third kappa shape index (κ3) is 3.56. The fourth-order valence-electron chi connectivity index (χ4n) is 2.22. The van der Waals surface area contributed by atoms with Crippen LogP contribution in [0, 0.1) is 0 Å². The first kappa shape index (κ1) is 14.5. The smallest absolute Gasteiger partial charge is 0.118 e. The van der Waals surface area contributed by atoms with Crippen molar-refractivity contribution in [3.8, 4) is 5.75 Å². The first-order valence-electron chi connectivity index (χ1n) is 6.58. The number of benzene rings is 1. The van der Waals surface area contributed by atoms with Crippen LogP contribution in [0.1, 0.15) is 17.2 Å². The Bertz CT molecular complexity index is 514. The summed E-state index contributed by atoms with van der Waals surface area (Å²) in [6.45, 7) is 0.814. The summed E-state index contributed by atoms with van der Waals surface area (Å²) in [5.74, 6) is 0.820. The zero-order chi connectivity index (χ0) is 14.4. The number of ether oxygens (including phenoxy) is 1.